The van der Waals surface area contributed by atoms with Crippen LogP contribution in [0.25, 0.3) is 0 Å². The van der Waals surface area contributed by atoms with Gasteiger partial charge in [-0.1, -0.05) is 0 Å². The van der Waals surface area contributed by atoms with Crippen molar-refractivity contribution in [2.45, 2.75) is 50.7 Å². The van der Waals surface area contributed by atoms with Gasteiger partial charge in [-0.2, -0.15) is 0 Å². The third kappa shape index (κ3) is 2.05. The van der Waals surface area contributed by atoms with Crippen LogP contribution < -0.4 is 0 Å². The van der Waals surface area contributed by atoms with Gasteiger partial charge in [0, 0.05) is 24.9 Å². The van der Waals surface area contributed by atoms with Crippen LogP contribution in [0.1, 0.15) is 37.9 Å². The van der Waals surface area contributed by atoms with Crippen LogP contribution >= 0.6 is 0 Å². The largest absolute Gasteiger partial charge is 0.468 e. The highest BCUT2D eigenvalue weighted by Crippen LogP contribution is 2.34. The van der Waals surface area contributed by atoms with Crippen molar-refractivity contribution < 1.29 is 9.21 Å². The standard InChI is InChI=1S/C13H17NO2/c15-12-6-5-11(8-12)14(10-3-4-10)9-13-2-1-7-16-13/h1-2,7,10-11H,3-6,8-9H2. The first kappa shape index (κ1) is 10.1. The highest BCUT2D eigenvalue weighted by Gasteiger charge is 2.37. The SMILES string of the molecule is O=C1CCC(N(Cc2ccco2)C2CC2)C1. The van der Waals surface area contributed by atoms with Crippen LogP contribution in [0.4, 0.5) is 0 Å². The molecule has 2 aliphatic carbocycles. The molecule has 0 radical (unpaired) electrons. The van der Waals surface area contributed by atoms with E-state index < -0.39 is 0 Å². The summed E-state index contributed by atoms with van der Waals surface area (Å²) in [5, 5.41) is 0. The van der Waals surface area contributed by atoms with Gasteiger partial charge in [-0.3, -0.25) is 9.69 Å². The Morgan fingerprint density at radius 3 is 2.75 bits per heavy atom. The van der Waals surface area contributed by atoms with Crippen molar-refractivity contribution in [3.05, 3.63) is 24.2 Å². The minimum atomic E-state index is 0.426. The minimum Gasteiger partial charge on any atom is -0.468 e. The molecule has 3 rings (SSSR count). The molecule has 1 heterocycles. The van der Waals surface area contributed by atoms with E-state index in [1.165, 1.54) is 12.8 Å². The van der Waals surface area contributed by atoms with Gasteiger partial charge in [0.2, 0.25) is 0 Å². The molecule has 0 aromatic carbocycles. The molecule has 3 heteroatoms. The lowest BCUT2D eigenvalue weighted by molar-refractivity contribution is -0.117. The average molecular weight is 219 g/mol. The number of hydrogen-bond acceptors (Lipinski definition) is 3. The summed E-state index contributed by atoms with van der Waals surface area (Å²) in [6.45, 7) is 0.871. The molecule has 3 nitrogen and oxygen atoms in total. The summed E-state index contributed by atoms with van der Waals surface area (Å²) < 4.78 is 5.40. The summed E-state index contributed by atoms with van der Waals surface area (Å²) in [6.07, 6.45) is 6.84. The van der Waals surface area contributed by atoms with Gasteiger partial charge in [-0.15, -0.1) is 0 Å². The molecule has 1 aromatic heterocycles. The van der Waals surface area contributed by atoms with E-state index in [2.05, 4.69) is 4.90 Å². The second-order valence-electron chi connectivity index (χ2n) is 4.92. The third-order valence-corrected chi connectivity index (χ3v) is 3.62. The Kier molecular flexibility index (Phi) is 2.56. The van der Waals surface area contributed by atoms with Crippen LogP contribution in [0.3, 0.4) is 0 Å². The van der Waals surface area contributed by atoms with Crippen molar-refractivity contribution in [3.8, 4) is 0 Å². The number of Topliss-reactive ketones (excluding diaryl/α,β-unsaturated/α-hetero) is 1. The topological polar surface area (TPSA) is 33.5 Å². The summed E-state index contributed by atoms with van der Waals surface area (Å²) in [4.78, 5) is 13.8. The molecular formula is C13H17NO2. The first-order chi connectivity index (χ1) is 7.83. The predicted octanol–water partition coefficient (Wildman–Crippen LogP) is 2.37. The number of carbonyl (C=O) groups excluding carboxylic acids is 1. The molecule has 1 atom stereocenters. The first-order valence-electron chi connectivity index (χ1n) is 6.13. The number of hydrogen-bond donors (Lipinski definition) is 0. The Labute approximate surface area is 95.4 Å². The smallest absolute Gasteiger partial charge is 0.134 e. The van der Waals surface area contributed by atoms with Gasteiger partial charge in [0.05, 0.1) is 12.8 Å². The maximum Gasteiger partial charge on any atom is 0.134 e. The summed E-state index contributed by atoms with van der Waals surface area (Å²) in [5.74, 6) is 1.45. The average Bonchev–Trinajstić information content (AvgIpc) is 2.81. The monoisotopic (exact) mass is 219 g/mol. The molecule has 2 saturated carbocycles. The first-order valence-corrected chi connectivity index (χ1v) is 6.13. The van der Waals surface area contributed by atoms with Gasteiger partial charge < -0.3 is 4.42 Å². The molecule has 0 spiro atoms. The Bertz CT molecular complexity index is 367. The van der Waals surface area contributed by atoms with Gasteiger partial charge >= 0.3 is 0 Å². The van der Waals surface area contributed by atoms with Crippen LogP contribution in [0.2, 0.25) is 0 Å². The number of furan rings is 1. The summed E-state index contributed by atoms with van der Waals surface area (Å²) in [6, 6.07) is 5.11. The van der Waals surface area contributed by atoms with Gasteiger partial charge in [0.1, 0.15) is 11.5 Å². The molecular weight excluding hydrogens is 202 g/mol. The van der Waals surface area contributed by atoms with Crippen molar-refractivity contribution in [1.29, 1.82) is 0 Å². The van der Waals surface area contributed by atoms with Gasteiger partial charge in [-0.05, 0) is 31.4 Å². The van der Waals surface area contributed by atoms with Crippen LogP contribution in [0.5, 0.6) is 0 Å². The molecule has 2 aliphatic rings. The Hall–Kier alpha value is -1.09. The number of rotatable bonds is 4. The van der Waals surface area contributed by atoms with Crippen molar-refractivity contribution in [2.24, 2.45) is 0 Å². The molecule has 0 N–H and O–H groups in total. The molecule has 0 saturated heterocycles. The van der Waals surface area contributed by atoms with E-state index in [-0.39, 0.29) is 0 Å². The summed E-state index contributed by atoms with van der Waals surface area (Å²) in [7, 11) is 0. The van der Waals surface area contributed by atoms with Crippen molar-refractivity contribution in [2.75, 3.05) is 0 Å². The van der Waals surface area contributed by atoms with E-state index in [1.54, 1.807) is 6.26 Å². The van der Waals surface area contributed by atoms with E-state index in [0.717, 1.165) is 31.6 Å². The van der Waals surface area contributed by atoms with Crippen molar-refractivity contribution in [3.63, 3.8) is 0 Å². The van der Waals surface area contributed by atoms with E-state index in [9.17, 15) is 4.79 Å². The normalized spacial score (nSPS) is 25.6. The lowest BCUT2D eigenvalue weighted by Crippen LogP contribution is -2.34. The molecule has 2 fully saturated rings. The zero-order valence-corrected chi connectivity index (χ0v) is 9.39. The highest BCUT2D eigenvalue weighted by atomic mass is 16.3. The van der Waals surface area contributed by atoms with Gasteiger partial charge in [-0.25, -0.2) is 0 Å². The molecule has 0 aliphatic heterocycles. The fraction of sp³-hybridized carbons (Fsp3) is 0.615. The zero-order valence-electron chi connectivity index (χ0n) is 9.39. The van der Waals surface area contributed by atoms with Crippen molar-refractivity contribution in [1.82, 2.24) is 4.90 Å². The van der Waals surface area contributed by atoms with Gasteiger partial charge in [0.25, 0.3) is 0 Å². The Morgan fingerprint density at radius 1 is 1.31 bits per heavy atom. The maximum atomic E-state index is 11.4. The number of nitrogens with zero attached hydrogens (tertiary/aromatic N) is 1. The third-order valence-electron chi connectivity index (χ3n) is 3.62. The van der Waals surface area contributed by atoms with Crippen molar-refractivity contribution >= 4 is 5.78 Å². The van der Waals surface area contributed by atoms with Crippen LogP contribution in [-0.4, -0.2) is 22.8 Å². The molecule has 16 heavy (non-hydrogen) atoms. The Balaban J connectivity index is 1.69. The maximum absolute atomic E-state index is 11.4. The molecule has 1 unspecified atom stereocenters. The molecule has 0 amide bonds. The lowest BCUT2D eigenvalue weighted by Gasteiger charge is -2.27. The van der Waals surface area contributed by atoms with E-state index in [4.69, 9.17) is 4.42 Å². The highest BCUT2D eigenvalue weighted by molar-refractivity contribution is 5.81. The molecule has 1 aromatic rings. The lowest BCUT2D eigenvalue weighted by atomic mass is 10.2. The van der Waals surface area contributed by atoms with E-state index >= 15 is 0 Å². The van der Waals surface area contributed by atoms with Gasteiger partial charge in [0.15, 0.2) is 0 Å². The molecule has 0 bridgehead atoms. The zero-order chi connectivity index (χ0) is 11.0. The quantitative estimate of drug-likeness (QED) is 0.779. The number of ketones is 1. The fourth-order valence-electron chi connectivity index (χ4n) is 2.62. The van der Waals surface area contributed by atoms with E-state index in [1.807, 2.05) is 12.1 Å². The second-order valence-corrected chi connectivity index (χ2v) is 4.92. The van der Waals surface area contributed by atoms with Crippen LogP contribution in [0.15, 0.2) is 22.8 Å². The fourth-order valence-corrected chi connectivity index (χ4v) is 2.62. The summed E-state index contributed by atoms with van der Waals surface area (Å²) >= 11 is 0. The predicted molar refractivity (Wildman–Crippen MR) is 59.9 cm³/mol. The molecule has 86 valence electrons. The minimum absolute atomic E-state index is 0.426. The second kappa shape index (κ2) is 4.06. The van der Waals surface area contributed by atoms with E-state index in [0.29, 0.717) is 17.9 Å². The number of carbonyl (C=O) groups is 1. The summed E-state index contributed by atoms with van der Waals surface area (Å²) in [5.41, 5.74) is 0. The Morgan fingerprint density at radius 2 is 2.19 bits per heavy atom. The van der Waals surface area contributed by atoms with Crippen LogP contribution in [-0.2, 0) is 11.3 Å². The van der Waals surface area contributed by atoms with Crippen LogP contribution in [0, 0.1) is 0 Å².